The first-order chi connectivity index (χ1) is 11.4. The van der Waals surface area contributed by atoms with Crippen molar-refractivity contribution in [2.24, 2.45) is 7.05 Å². The molecule has 2 aromatic heterocycles. The minimum absolute atomic E-state index is 0.0665. The molecule has 1 aliphatic heterocycles. The molecule has 0 aromatic carbocycles. The van der Waals surface area contributed by atoms with E-state index in [9.17, 15) is 13.2 Å². The van der Waals surface area contributed by atoms with Crippen LogP contribution in [0.1, 0.15) is 36.9 Å². The maximum Gasteiger partial charge on any atom is 0.435 e. The van der Waals surface area contributed by atoms with Gasteiger partial charge in [0.1, 0.15) is 11.7 Å². The van der Waals surface area contributed by atoms with Gasteiger partial charge in [0.25, 0.3) is 0 Å². The number of nitrogens with zero attached hydrogens (tertiary/aromatic N) is 4. The van der Waals surface area contributed by atoms with Crippen molar-refractivity contribution in [3.63, 3.8) is 0 Å². The zero-order valence-corrected chi connectivity index (χ0v) is 12.9. The quantitative estimate of drug-likeness (QED) is 0.899. The Morgan fingerprint density at radius 2 is 2.17 bits per heavy atom. The molecule has 2 aromatic rings. The number of aromatic nitrogens is 4. The molecule has 0 amide bonds. The third kappa shape index (κ3) is 2.59. The Hall–Kier alpha value is -1.94. The highest BCUT2D eigenvalue weighted by molar-refractivity contribution is 5.49. The molecule has 2 aliphatic rings. The van der Waals surface area contributed by atoms with Crippen molar-refractivity contribution in [2.45, 2.75) is 37.1 Å². The standard InChI is InChI=1S/C14H16F3N5O2/c1-22-9(5-10(20-22)14(15,16)17)11-19-12(24-21-11)8-6-23-13(7-18-8)3-2-4-13/h5,8,18H,2-4,6-7H2,1H3. The normalized spacial score (nSPS) is 23.4. The van der Waals surface area contributed by atoms with Gasteiger partial charge in [0.15, 0.2) is 5.69 Å². The summed E-state index contributed by atoms with van der Waals surface area (Å²) < 4.78 is 50.4. The molecule has 2 fully saturated rings. The van der Waals surface area contributed by atoms with Crippen LogP contribution in [0.15, 0.2) is 10.6 Å². The molecule has 0 radical (unpaired) electrons. The Kier molecular flexibility index (Phi) is 3.43. The van der Waals surface area contributed by atoms with Gasteiger partial charge in [-0.2, -0.15) is 23.3 Å². The summed E-state index contributed by atoms with van der Waals surface area (Å²) in [7, 11) is 1.41. The van der Waals surface area contributed by atoms with Crippen molar-refractivity contribution in [3.05, 3.63) is 17.7 Å². The smallest absolute Gasteiger partial charge is 0.372 e. The molecule has 1 spiro atoms. The van der Waals surface area contributed by atoms with Crippen molar-refractivity contribution in [3.8, 4) is 11.5 Å². The van der Waals surface area contributed by atoms with Crippen molar-refractivity contribution < 1.29 is 22.4 Å². The van der Waals surface area contributed by atoms with Gasteiger partial charge in [0.05, 0.1) is 12.2 Å². The van der Waals surface area contributed by atoms with Gasteiger partial charge < -0.3 is 14.6 Å². The highest BCUT2D eigenvalue weighted by atomic mass is 19.4. The summed E-state index contributed by atoms with van der Waals surface area (Å²) >= 11 is 0. The summed E-state index contributed by atoms with van der Waals surface area (Å²) in [6.07, 6.45) is -1.27. The van der Waals surface area contributed by atoms with Crippen LogP contribution >= 0.6 is 0 Å². The molecule has 3 heterocycles. The summed E-state index contributed by atoms with van der Waals surface area (Å²) in [6.45, 7) is 1.11. The zero-order chi connectivity index (χ0) is 16.9. The Labute approximate surface area is 135 Å². The molecule has 1 unspecified atom stereocenters. The first-order valence-electron chi connectivity index (χ1n) is 7.69. The van der Waals surface area contributed by atoms with E-state index < -0.39 is 11.9 Å². The van der Waals surface area contributed by atoms with Gasteiger partial charge in [0, 0.05) is 13.6 Å². The van der Waals surface area contributed by atoms with Crippen LogP contribution in [0, 0.1) is 0 Å². The van der Waals surface area contributed by atoms with Gasteiger partial charge in [-0.05, 0) is 25.3 Å². The predicted molar refractivity (Wildman–Crippen MR) is 74.8 cm³/mol. The molecule has 4 rings (SSSR count). The molecule has 24 heavy (non-hydrogen) atoms. The minimum Gasteiger partial charge on any atom is -0.372 e. The van der Waals surface area contributed by atoms with Crippen molar-refractivity contribution in [1.29, 1.82) is 0 Å². The molecule has 1 saturated heterocycles. The second-order valence-electron chi connectivity index (χ2n) is 6.27. The molecular weight excluding hydrogens is 327 g/mol. The molecule has 130 valence electrons. The average molecular weight is 343 g/mol. The molecule has 7 nitrogen and oxygen atoms in total. The second-order valence-corrected chi connectivity index (χ2v) is 6.27. The van der Waals surface area contributed by atoms with E-state index in [0.717, 1.165) is 23.6 Å². The Bertz CT molecular complexity index is 740. The molecule has 1 N–H and O–H groups in total. The average Bonchev–Trinajstić information content (AvgIpc) is 3.11. The molecule has 0 bridgehead atoms. The molecular formula is C14H16F3N5O2. The molecule has 1 saturated carbocycles. The van der Waals surface area contributed by atoms with Crippen LogP contribution in [-0.4, -0.2) is 38.7 Å². The van der Waals surface area contributed by atoms with Gasteiger partial charge >= 0.3 is 6.18 Å². The van der Waals surface area contributed by atoms with E-state index in [1.54, 1.807) is 0 Å². The summed E-state index contributed by atoms with van der Waals surface area (Å²) in [6, 6.07) is 0.649. The van der Waals surface area contributed by atoms with Crippen LogP contribution in [0.25, 0.3) is 11.5 Å². The van der Waals surface area contributed by atoms with E-state index in [4.69, 9.17) is 9.26 Å². The van der Waals surface area contributed by atoms with E-state index in [0.29, 0.717) is 19.0 Å². The van der Waals surface area contributed by atoms with E-state index in [1.165, 1.54) is 13.5 Å². The highest BCUT2D eigenvalue weighted by Gasteiger charge is 2.43. The summed E-state index contributed by atoms with van der Waals surface area (Å²) in [4.78, 5) is 4.20. The number of halogens is 3. The fourth-order valence-electron chi connectivity index (χ4n) is 3.03. The summed E-state index contributed by atoms with van der Waals surface area (Å²) in [5, 5.41) is 10.5. The Balaban J connectivity index is 1.52. The predicted octanol–water partition coefficient (Wildman–Crippen LogP) is 2.07. The Morgan fingerprint density at radius 3 is 2.71 bits per heavy atom. The van der Waals surface area contributed by atoms with Crippen LogP contribution in [0.3, 0.4) is 0 Å². The van der Waals surface area contributed by atoms with Crippen LogP contribution < -0.4 is 5.32 Å². The van der Waals surface area contributed by atoms with E-state index in [2.05, 4.69) is 20.6 Å². The number of hydrogen-bond donors (Lipinski definition) is 1. The van der Waals surface area contributed by atoms with E-state index >= 15 is 0 Å². The topological polar surface area (TPSA) is 78.0 Å². The maximum atomic E-state index is 12.7. The number of rotatable bonds is 2. The lowest BCUT2D eigenvalue weighted by atomic mass is 9.79. The fraction of sp³-hybridized carbons (Fsp3) is 0.643. The van der Waals surface area contributed by atoms with Gasteiger partial charge in [-0.25, -0.2) is 0 Å². The Morgan fingerprint density at radius 1 is 1.38 bits per heavy atom. The first-order valence-corrected chi connectivity index (χ1v) is 7.69. The summed E-state index contributed by atoms with van der Waals surface area (Å²) in [5.74, 6) is 0.371. The van der Waals surface area contributed by atoms with Gasteiger partial charge in [-0.3, -0.25) is 4.68 Å². The number of morpholine rings is 1. The first kappa shape index (κ1) is 15.6. The molecule has 1 atom stereocenters. The number of hydrogen-bond acceptors (Lipinski definition) is 6. The number of alkyl halides is 3. The summed E-state index contributed by atoms with van der Waals surface area (Å²) in [5.41, 5.74) is -0.912. The van der Waals surface area contributed by atoms with Crippen LogP contribution in [-0.2, 0) is 18.0 Å². The zero-order valence-electron chi connectivity index (χ0n) is 12.9. The lowest BCUT2D eigenvalue weighted by Gasteiger charge is -2.46. The third-order valence-corrected chi connectivity index (χ3v) is 4.63. The minimum atomic E-state index is -4.52. The van der Waals surface area contributed by atoms with Crippen LogP contribution in [0.4, 0.5) is 13.2 Å². The number of aryl methyl sites for hydroxylation is 1. The van der Waals surface area contributed by atoms with Crippen molar-refractivity contribution in [2.75, 3.05) is 13.2 Å². The molecule has 1 aliphatic carbocycles. The highest BCUT2D eigenvalue weighted by Crippen LogP contribution is 2.38. The van der Waals surface area contributed by atoms with E-state index in [-0.39, 0.29) is 23.2 Å². The van der Waals surface area contributed by atoms with Crippen molar-refractivity contribution >= 4 is 0 Å². The second kappa shape index (κ2) is 5.28. The molecule has 10 heteroatoms. The lowest BCUT2D eigenvalue weighted by Crippen LogP contribution is -2.55. The van der Waals surface area contributed by atoms with Crippen LogP contribution in [0.5, 0.6) is 0 Å². The van der Waals surface area contributed by atoms with Crippen LogP contribution in [0.2, 0.25) is 0 Å². The number of ether oxygens (including phenoxy) is 1. The fourth-order valence-corrected chi connectivity index (χ4v) is 3.03. The largest absolute Gasteiger partial charge is 0.435 e. The van der Waals surface area contributed by atoms with Gasteiger partial charge in [0.2, 0.25) is 11.7 Å². The lowest BCUT2D eigenvalue weighted by molar-refractivity contribution is -0.141. The number of nitrogens with one attached hydrogen (secondary N) is 1. The van der Waals surface area contributed by atoms with Gasteiger partial charge in [-0.15, -0.1) is 0 Å². The van der Waals surface area contributed by atoms with Gasteiger partial charge in [-0.1, -0.05) is 5.16 Å². The monoisotopic (exact) mass is 343 g/mol. The SMILES string of the molecule is Cn1nc(C(F)(F)F)cc1-c1noc(C2COC3(CCC3)CN2)n1. The maximum absolute atomic E-state index is 12.7. The third-order valence-electron chi connectivity index (χ3n) is 4.63. The van der Waals surface area contributed by atoms with Crippen molar-refractivity contribution in [1.82, 2.24) is 25.2 Å². The van der Waals surface area contributed by atoms with E-state index in [1.807, 2.05) is 0 Å².